The third kappa shape index (κ3) is 5.74. The lowest BCUT2D eigenvalue weighted by molar-refractivity contribution is -0.131. The lowest BCUT2D eigenvalue weighted by atomic mass is 10.0. The van der Waals surface area contributed by atoms with Crippen molar-refractivity contribution < 1.29 is 4.79 Å². The van der Waals surface area contributed by atoms with E-state index in [9.17, 15) is 4.79 Å². The van der Waals surface area contributed by atoms with Gasteiger partial charge >= 0.3 is 0 Å². The summed E-state index contributed by atoms with van der Waals surface area (Å²) in [5.74, 6) is 0.0585. The van der Waals surface area contributed by atoms with Crippen molar-refractivity contribution in [1.29, 1.82) is 0 Å². The second-order valence-corrected chi connectivity index (χ2v) is 6.57. The number of nitrogens with two attached hydrogens (primary N) is 2. The molecule has 6 nitrogen and oxygen atoms in total. The van der Waals surface area contributed by atoms with Crippen LogP contribution in [0.1, 0.15) is 24.0 Å². The molecule has 140 valence electrons. The fourth-order valence-electron chi connectivity index (χ4n) is 2.97. The molecule has 0 saturated carbocycles. The average molecular weight is 355 g/mol. The molecule has 0 unspecified atom stereocenters. The maximum absolute atomic E-state index is 12.3. The van der Waals surface area contributed by atoms with Crippen LogP contribution in [0.3, 0.4) is 0 Å². The van der Waals surface area contributed by atoms with Gasteiger partial charge in [-0.25, -0.2) is 0 Å². The molecule has 26 heavy (non-hydrogen) atoms. The Morgan fingerprint density at radius 1 is 1.35 bits per heavy atom. The Balaban J connectivity index is 1.87. The highest BCUT2D eigenvalue weighted by Gasteiger charge is 2.23. The second kappa shape index (κ2) is 9.77. The van der Waals surface area contributed by atoms with Gasteiger partial charge in [0.2, 0.25) is 5.91 Å². The normalized spacial score (nSPS) is 15.7. The Morgan fingerprint density at radius 3 is 2.62 bits per heavy atom. The van der Waals surface area contributed by atoms with Gasteiger partial charge in [-0.2, -0.15) is 5.10 Å². The molecule has 1 saturated heterocycles. The summed E-state index contributed by atoms with van der Waals surface area (Å²) in [7, 11) is 1.85. The summed E-state index contributed by atoms with van der Waals surface area (Å²) in [5, 5.41) is 5.67. The molecule has 1 aromatic rings. The van der Waals surface area contributed by atoms with E-state index >= 15 is 0 Å². The number of nitrogens with zero attached hydrogens (tertiary/aromatic N) is 3. The molecule has 0 aromatic heterocycles. The van der Waals surface area contributed by atoms with E-state index in [1.54, 1.807) is 5.01 Å². The Kier molecular flexibility index (Phi) is 7.41. The summed E-state index contributed by atoms with van der Waals surface area (Å²) in [4.78, 5) is 14.2. The maximum Gasteiger partial charge on any atom is 0.239 e. The zero-order valence-electron chi connectivity index (χ0n) is 15.5. The van der Waals surface area contributed by atoms with E-state index in [1.165, 1.54) is 6.34 Å². The summed E-state index contributed by atoms with van der Waals surface area (Å²) in [6.45, 7) is 6.41. The smallest absolute Gasteiger partial charge is 0.239 e. The van der Waals surface area contributed by atoms with E-state index in [2.05, 4.69) is 11.7 Å². The molecule has 1 fully saturated rings. The lowest BCUT2D eigenvalue weighted by Crippen LogP contribution is -2.43. The number of carbonyl (C=O) groups is 1. The summed E-state index contributed by atoms with van der Waals surface area (Å²) < 4.78 is 0. The highest BCUT2D eigenvalue weighted by molar-refractivity contribution is 5.82. The maximum atomic E-state index is 12.3. The summed E-state index contributed by atoms with van der Waals surface area (Å²) in [6.07, 6.45) is 7.92. The van der Waals surface area contributed by atoms with Crippen molar-refractivity contribution in [1.82, 2.24) is 9.91 Å². The van der Waals surface area contributed by atoms with E-state index in [1.807, 2.05) is 48.4 Å². The molecule has 1 heterocycles. The number of hydrogen-bond donors (Lipinski definition) is 2. The molecule has 6 heteroatoms. The first-order valence-electron chi connectivity index (χ1n) is 8.95. The minimum atomic E-state index is -0.472. The van der Waals surface area contributed by atoms with E-state index in [0.717, 1.165) is 42.6 Å². The van der Waals surface area contributed by atoms with Crippen LogP contribution in [-0.4, -0.2) is 54.9 Å². The number of amides is 1. The number of hydrogen-bond acceptors (Lipinski definition) is 4. The first-order chi connectivity index (χ1) is 12.5. The van der Waals surface area contributed by atoms with Gasteiger partial charge in [-0.3, -0.25) is 9.80 Å². The van der Waals surface area contributed by atoms with Crippen molar-refractivity contribution in [3.63, 3.8) is 0 Å². The molecule has 2 rings (SSSR count). The number of likely N-dealkylation sites (N-methyl/N-ethyl adjacent to an activating group) is 1. The fraction of sp³-hybridized carbons (Fsp3) is 0.400. The summed E-state index contributed by atoms with van der Waals surface area (Å²) >= 11 is 0. The molecule has 0 radical (unpaired) electrons. The molecule has 0 spiro atoms. The average Bonchev–Trinajstić information content (AvgIpc) is 3.16. The van der Waals surface area contributed by atoms with Crippen molar-refractivity contribution in [3.05, 3.63) is 54.1 Å². The predicted molar refractivity (Wildman–Crippen MR) is 107 cm³/mol. The zero-order chi connectivity index (χ0) is 18.9. The van der Waals surface area contributed by atoms with Gasteiger partial charge in [-0.15, -0.1) is 0 Å². The quantitative estimate of drug-likeness (QED) is 0.321. The highest BCUT2D eigenvalue weighted by atomic mass is 16.2. The van der Waals surface area contributed by atoms with Gasteiger partial charge in [0.15, 0.2) is 0 Å². The molecule has 0 bridgehead atoms. The van der Waals surface area contributed by atoms with E-state index in [4.69, 9.17) is 11.5 Å². The first kappa shape index (κ1) is 19.7. The molecule has 1 amide bonds. The monoisotopic (exact) mass is 355 g/mol. The molecule has 4 N–H and O–H groups in total. The van der Waals surface area contributed by atoms with Crippen LogP contribution in [0.2, 0.25) is 0 Å². The van der Waals surface area contributed by atoms with Crippen LogP contribution >= 0.6 is 0 Å². The third-order valence-corrected chi connectivity index (χ3v) is 4.47. The number of rotatable bonds is 8. The van der Waals surface area contributed by atoms with Crippen LogP contribution in [0.25, 0.3) is 5.57 Å². The fourth-order valence-corrected chi connectivity index (χ4v) is 2.97. The largest absolute Gasteiger partial charge is 0.388 e. The Morgan fingerprint density at radius 2 is 2.00 bits per heavy atom. The van der Waals surface area contributed by atoms with E-state index in [0.29, 0.717) is 13.0 Å². The lowest BCUT2D eigenvalue weighted by Gasteiger charge is -2.20. The van der Waals surface area contributed by atoms with Gasteiger partial charge in [-0.1, -0.05) is 43.0 Å². The third-order valence-electron chi connectivity index (χ3n) is 4.47. The Bertz CT molecular complexity index is 659. The number of benzene rings is 1. The van der Waals surface area contributed by atoms with Crippen LogP contribution in [0, 0.1) is 0 Å². The number of allylic oxidation sites excluding steroid dienone is 2. The SMILES string of the molecule is C=C(/C=C\CN(C)/N=C\N)c1ccc(C[C@H](N)C(=O)N2CCCC2)cc1. The standard InChI is InChI=1S/C20H29N5O/c1-16(6-5-11-24(2)23-15-21)18-9-7-17(8-10-18)14-19(22)20(26)25-12-3-4-13-25/h5-10,15,19H,1,3-4,11-14,22H2,2H3,(H2,21,23)/b6-5-/t19-/m0/s1. The number of carbonyl (C=O) groups excluding carboxylic acids is 1. The van der Waals surface area contributed by atoms with Gasteiger partial charge in [0.1, 0.15) is 6.34 Å². The minimum absolute atomic E-state index is 0.0585. The Labute approximate surface area is 155 Å². The van der Waals surface area contributed by atoms with Crippen LogP contribution in [-0.2, 0) is 11.2 Å². The molecule has 1 atom stereocenters. The molecular weight excluding hydrogens is 326 g/mol. The minimum Gasteiger partial charge on any atom is -0.388 e. The molecule has 1 aliphatic heterocycles. The van der Waals surface area contributed by atoms with Crippen LogP contribution in [0.15, 0.2) is 48.1 Å². The van der Waals surface area contributed by atoms with Crippen molar-refractivity contribution >= 4 is 17.8 Å². The van der Waals surface area contributed by atoms with Gasteiger partial charge in [-0.05, 0) is 36.0 Å². The van der Waals surface area contributed by atoms with Crippen molar-refractivity contribution in [2.24, 2.45) is 16.6 Å². The van der Waals surface area contributed by atoms with Gasteiger partial charge in [0.25, 0.3) is 0 Å². The first-order valence-corrected chi connectivity index (χ1v) is 8.95. The molecular formula is C20H29N5O. The van der Waals surface area contributed by atoms with Gasteiger partial charge in [0.05, 0.1) is 12.6 Å². The highest BCUT2D eigenvalue weighted by Crippen LogP contribution is 2.16. The van der Waals surface area contributed by atoms with Crippen LogP contribution in [0.4, 0.5) is 0 Å². The van der Waals surface area contributed by atoms with Crippen molar-refractivity contribution in [2.75, 3.05) is 26.7 Å². The van der Waals surface area contributed by atoms with Crippen LogP contribution < -0.4 is 11.5 Å². The van der Waals surface area contributed by atoms with Crippen molar-refractivity contribution in [3.8, 4) is 0 Å². The molecule has 0 aliphatic carbocycles. The Hall–Kier alpha value is -2.60. The van der Waals surface area contributed by atoms with Gasteiger partial charge < -0.3 is 16.4 Å². The molecule has 1 aliphatic rings. The topological polar surface area (TPSA) is 88.0 Å². The summed E-state index contributed by atoms with van der Waals surface area (Å²) in [5.41, 5.74) is 14.4. The molecule has 1 aromatic carbocycles. The zero-order valence-corrected chi connectivity index (χ0v) is 15.5. The van der Waals surface area contributed by atoms with Gasteiger partial charge in [0, 0.05) is 20.1 Å². The predicted octanol–water partition coefficient (Wildman–Crippen LogP) is 1.58. The number of hydrazone groups is 1. The van der Waals surface area contributed by atoms with Crippen molar-refractivity contribution in [2.45, 2.75) is 25.3 Å². The van der Waals surface area contributed by atoms with E-state index < -0.39 is 6.04 Å². The van der Waals surface area contributed by atoms with E-state index in [-0.39, 0.29) is 5.91 Å². The second-order valence-electron chi connectivity index (χ2n) is 6.57. The summed E-state index contributed by atoms with van der Waals surface area (Å²) in [6, 6.07) is 7.57. The number of likely N-dealkylation sites (tertiary alicyclic amines) is 1. The van der Waals surface area contributed by atoms with Crippen LogP contribution in [0.5, 0.6) is 0 Å².